The van der Waals surface area contributed by atoms with Crippen LogP contribution >= 0.6 is 11.6 Å². The fraction of sp³-hybridized carbons (Fsp3) is 0.235. The van der Waals surface area contributed by atoms with Crippen LogP contribution < -0.4 is 10.1 Å². The molecule has 0 aliphatic heterocycles. The number of benzene rings is 2. The predicted octanol–water partition coefficient (Wildman–Crippen LogP) is 3.85. The number of hydrogen-bond donors (Lipinski definition) is 1. The third-order valence-corrected chi connectivity index (χ3v) is 3.32. The maximum absolute atomic E-state index is 12.0. The minimum absolute atomic E-state index is 0.0900. The van der Waals surface area contributed by atoms with Crippen LogP contribution in [0, 0.1) is 6.92 Å². The molecule has 0 radical (unpaired) electrons. The summed E-state index contributed by atoms with van der Waals surface area (Å²) >= 11 is 5.80. The highest BCUT2D eigenvalue weighted by Crippen LogP contribution is 2.16. The van der Waals surface area contributed by atoms with E-state index in [4.69, 9.17) is 16.3 Å². The van der Waals surface area contributed by atoms with Gasteiger partial charge in [-0.25, -0.2) is 0 Å². The van der Waals surface area contributed by atoms with Gasteiger partial charge >= 0.3 is 0 Å². The lowest BCUT2D eigenvalue weighted by Gasteiger charge is -2.16. The summed E-state index contributed by atoms with van der Waals surface area (Å²) in [6.45, 7) is 4.32. The monoisotopic (exact) mass is 303 g/mol. The van der Waals surface area contributed by atoms with Crippen molar-refractivity contribution in [3.63, 3.8) is 0 Å². The lowest BCUT2D eigenvalue weighted by Crippen LogP contribution is -2.36. The van der Waals surface area contributed by atoms with Gasteiger partial charge in [-0.2, -0.15) is 0 Å². The van der Waals surface area contributed by atoms with Crippen LogP contribution in [0.4, 0.5) is 0 Å². The van der Waals surface area contributed by atoms with Gasteiger partial charge < -0.3 is 10.1 Å². The Morgan fingerprint density at radius 2 is 1.86 bits per heavy atom. The molecular formula is C17H18ClNO2. The Balaban J connectivity index is 1.87. The molecule has 1 unspecified atom stereocenters. The molecule has 0 heterocycles. The minimum atomic E-state index is -0.132. The van der Waals surface area contributed by atoms with Gasteiger partial charge in [0.15, 0.2) is 0 Å². The summed E-state index contributed by atoms with van der Waals surface area (Å²) in [7, 11) is 0. The molecule has 0 fully saturated rings. The molecule has 1 N–H and O–H groups in total. The van der Waals surface area contributed by atoms with Gasteiger partial charge in [0.1, 0.15) is 12.4 Å². The van der Waals surface area contributed by atoms with Crippen molar-refractivity contribution in [2.75, 3.05) is 6.61 Å². The molecule has 21 heavy (non-hydrogen) atoms. The van der Waals surface area contributed by atoms with Crippen molar-refractivity contribution in [2.45, 2.75) is 19.9 Å². The fourth-order valence-electron chi connectivity index (χ4n) is 1.88. The highest BCUT2D eigenvalue weighted by molar-refractivity contribution is 6.30. The van der Waals surface area contributed by atoms with Crippen molar-refractivity contribution in [3.05, 3.63) is 64.7 Å². The summed E-state index contributed by atoms with van der Waals surface area (Å²) < 4.78 is 5.72. The van der Waals surface area contributed by atoms with E-state index in [1.54, 1.807) is 24.3 Å². The number of aryl methyl sites for hydroxylation is 1. The van der Waals surface area contributed by atoms with Crippen molar-refractivity contribution in [1.82, 2.24) is 5.32 Å². The highest BCUT2D eigenvalue weighted by Gasteiger charge is 2.10. The number of halogens is 1. The van der Waals surface area contributed by atoms with E-state index in [0.29, 0.717) is 17.2 Å². The molecule has 3 nitrogen and oxygen atoms in total. The van der Waals surface area contributed by atoms with Crippen molar-refractivity contribution >= 4 is 17.5 Å². The summed E-state index contributed by atoms with van der Waals surface area (Å²) in [5, 5.41) is 3.51. The van der Waals surface area contributed by atoms with Crippen LogP contribution in [0.1, 0.15) is 22.8 Å². The molecule has 0 saturated carbocycles. The van der Waals surface area contributed by atoms with E-state index in [1.807, 2.05) is 38.1 Å². The number of amides is 1. The first-order chi connectivity index (χ1) is 10.1. The molecule has 0 saturated heterocycles. The van der Waals surface area contributed by atoms with E-state index in [2.05, 4.69) is 5.32 Å². The van der Waals surface area contributed by atoms with Gasteiger partial charge in [-0.15, -0.1) is 0 Å². The summed E-state index contributed by atoms with van der Waals surface area (Å²) in [6, 6.07) is 14.5. The second-order valence-electron chi connectivity index (χ2n) is 4.96. The SMILES string of the molecule is Cc1ccccc1OCC(C)NC(=O)c1ccc(Cl)cc1. The number of para-hydroxylation sites is 1. The largest absolute Gasteiger partial charge is 0.491 e. The Morgan fingerprint density at radius 1 is 1.19 bits per heavy atom. The summed E-state index contributed by atoms with van der Waals surface area (Å²) in [4.78, 5) is 12.0. The maximum atomic E-state index is 12.0. The lowest BCUT2D eigenvalue weighted by atomic mass is 10.2. The van der Waals surface area contributed by atoms with E-state index in [9.17, 15) is 4.79 Å². The van der Waals surface area contributed by atoms with Crippen LogP contribution in [0.25, 0.3) is 0 Å². The number of ether oxygens (including phenoxy) is 1. The van der Waals surface area contributed by atoms with Gasteiger partial charge in [0.2, 0.25) is 0 Å². The Labute approximate surface area is 129 Å². The summed E-state index contributed by atoms with van der Waals surface area (Å²) in [5.41, 5.74) is 1.66. The third-order valence-electron chi connectivity index (χ3n) is 3.07. The van der Waals surface area contributed by atoms with E-state index >= 15 is 0 Å². The maximum Gasteiger partial charge on any atom is 0.251 e. The van der Waals surface area contributed by atoms with Crippen molar-refractivity contribution in [1.29, 1.82) is 0 Å². The van der Waals surface area contributed by atoms with Crippen LogP contribution in [-0.4, -0.2) is 18.6 Å². The Bertz CT molecular complexity index is 610. The van der Waals surface area contributed by atoms with Crippen LogP contribution in [0.5, 0.6) is 5.75 Å². The van der Waals surface area contributed by atoms with Gasteiger partial charge in [-0.1, -0.05) is 29.8 Å². The molecule has 4 heteroatoms. The van der Waals surface area contributed by atoms with Crippen molar-refractivity contribution in [2.24, 2.45) is 0 Å². The Kier molecular flexibility index (Phi) is 5.23. The van der Waals surface area contributed by atoms with Gasteiger partial charge in [0, 0.05) is 10.6 Å². The molecule has 0 aromatic heterocycles. The van der Waals surface area contributed by atoms with Crippen molar-refractivity contribution < 1.29 is 9.53 Å². The van der Waals surface area contributed by atoms with Gasteiger partial charge in [0.05, 0.1) is 6.04 Å². The average molecular weight is 304 g/mol. The summed E-state index contributed by atoms with van der Waals surface area (Å²) in [5.74, 6) is 0.706. The number of nitrogens with one attached hydrogen (secondary N) is 1. The second-order valence-corrected chi connectivity index (χ2v) is 5.39. The molecule has 2 rings (SSSR count). The topological polar surface area (TPSA) is 38.3 Å². The fourth-order valence-corrected chi connectivity index (χ4v) is 2.01. The number of hydrogen-bond acceptors (Lipinski definition) is 2. The van der Waals surface area contributed by atoms with E-state index in [1.165, 1.54) is 0 Å². The second kappa shape index (κ2) is 7.14. The average Bonchev–Trinajstić information content (AvgIpc) is 2.47. The first-order valence-corrected chi connectivity index (χ1v) is 7.19. The van der Waals surface area contributed by atoms with Crippen LogP contribution in [0.2, 0.25) is 5.02 Å². The normalized spacial score (nSPS) is 11.8. The van der Waals surface area contributed by atoms with E-state index < -0.39 is 0 Å². The molecule has 2 aromatic carbocycles. The molecular weight excluding hydrogens is 286 g/mol. The number of carbonyl (C=O) groups is 1. The smallest absolute Gasteiger partial charge is 0.251 e. The van der Waals surface area contributed by atoms with Gasteiger partial charge in [-0.05, 0) is 49.7 Å². The lowest BCUT2D eigenvalue weighted by molar-refractivity contribution is 0.0926. The first-order valence-electron chi connectivity index (χ1n) is 6.81. The molecule has 0 aliphatic carbocycles. The Hall–Kier alpha value is -2.00. The molecule has 0 aliphatic rings. The summed E-state index contributed by atoms with van der Waals surface area (Å²) in [6.07, 6.45) is 0. The Morgan fingerprint density at radius 3 is 2.52 bits per heavy atom. The zero-order valence-corrected chi connectivity index (χ0v) is 12.9. The molecule has 1 amide bonds. The number of rotatable bonds is 5. The van der Waals surface area contributed by atoms with E-state index in [0.717, 1.165) is 11.3 Å². The van der Waals surface area contributed by atoms with Crippen LogP contribution in [0.15, 0.2) is 48.5 Å². The molecule has 0 bridgehead atoms. The predicted molar refractivity (Wildman–Crippen MR) is 85.1 cm³/mol. The van der Waals surface area contributed by atoms with Gasteiger partial charge in [0.25, 0.3) is 5.91 Å². The highest BCUT2D eigenvalue weighted by atomic mass is 35.5. The molecule has 110 valence electrons. The quantitative estimate of drug-likeness (QED) is 0.911. The van der Waals surface area contributed by atoms with Gasteiger partial charge in [-0.3, -0.25) is 4.79 Å². The third kappa shape index (κ3) is 4.50. The first kappa shape index (κ1) is 15.4. The molecule has 0 spiro atoms. The molecule has 2 aromatic rings. The van der Waals surface area contributed by atoms with Crippen molar-refractivity contribution in [3.8, 4) is 5.75 Å². The zero-order chi connectivity index (χ0) is 15.2. The molecule has 1 atom stereocenters. The van der Waals surface area contributed by atoms with Crippen LogP contribution in [0.3, 0.4) is 0 Å². The van der Waals surface area contributed by atoms with Crippen LogP contribution in [-0.2, 0) is 0 Å². The van der Waals surface area contributed by atoms with E-state index in [-0.39, 0.29) is 11.9 Å². The number of carbonyl (C=O) groups excluding carboxylic acids is 1. The zero-order valence-electron chi connectivity index (χ0n) is 12.1. The standard InChI is InChI=1S/C17H18ClNO2/c1-12-5-3-4-6-16(12)21-11-13(2)19-17(20)14-7-9-15(18)10-8-14/h3-10,13H,11H2,1-2H3,(H,19,20). The minimum Gasteiger partial charge on any atom is -0.491 e.